The summed E-state index contributed by atoms with van der Waals surface area (Å²) in [4.78, 5) is 16.8. The number of rotatable bonds is 6. The van der Waals surface area contributed by atoms with Crippen molar-refractivity contribution in [3.63, 3.8) is 0 Å². The van der Waals surface area contributed by atoms with Gasteiger partial charge in [-0.15, -0.1) is 0 Å². The number of alkyl carbamates (subject to hydrolysis) is 1. The van der Waals surface area contributed by atoms with Crippen LogP contribution in [0.4, 0.5) is 16.3 Å². The van der Waals surface area contributed by atoms with Crippen molar-refractivity contribution in [2.45, 2.75) is 46.4 Å². The summed E-state index contributed by atoms with van der Waals surface area (Å²) < 4.78 is 7.65. The summed E-state index contributed by atoms with van der Waals surface area (Å²) >= 11 is 0. The van der Waals surface area contributed by atoms with Crippen LogP contribution in [0, 0.1) is 0 Å². The molecule has 0 aliphatic rings. The fourth-order valence-corrected chi connectivity index (χ4v) is 4.57. The normalized spacial score (nSPS) is 11.6. The van der Waals surface area contributed by atoms with E-state index in [9.17, 15) is 4.79 Å². The van der Waals surface area contributed by atoms with Gasteiger partial charge in [0.1, 0.15) is 11.4 Å². The van der Waals surface area contributed by atoms with Gasteiger partial charge in [0.25, 0.3) is 0 Å². The molecule has 0 bridgehead atoms. The number of benzene rings is 3. The van der Waals surface area contributed by atoms with Gasteiger partial charge in [-0.05, 0) is 69.7 Å². The first-order valence-corrected chi connectivity index (χ1v) is 12.6. The van der Waals surface area contributed by atoms with Crippen LogP contribution in [0.25, 0.3) is 33.1 Å². The predicted molar refractivity (Wildman–Crippen MR) is 151 cm³/mol. The minimum Gasteiger partial charge on any atom is -0.444 e. The van der Waals surface area contributed by atoms with Crippen molar-refractivity contribution < 1.29 is 9.53 Å². The molecule has 3 aromatic carbocycles. The minimum atomic E-state index is -0.515. The number of anilines is 2. The maximum absolute atomic E-state index is 11.9. The summed E-state index contributed by atoms with van der Waals surface area (Å²) in [7, 11) is 0. The second-order valence-electron chi connectivity index (χ2n) is 10.1. The lowest BCUT2D eigenvalue weighted by atomic mass is 10.1. The molecule has 188 valence electrons. The van der Waals surface area contributed by atoms with E-state index in [1.807, 2.05) is 63.2 Å². The Morgan fingerprint density at radius 1 is 0.892 bits per heavy atom. The third-order valence-electron chi connectivity index (χ3n) is 6.20. The van der Waals surface area contributed by atoms with Crippen LogP contribution < -0.4 is 10.6 Å². The molecule has 0 aliphatic carbocycles. The van der Waals surface area contributed by atoms with E-state index in [2.05, 4.69) is 64.6 Å². The molecule has 0 atom stereocenters. The maximum Gasteiger partial charge on any atom is 0.407 e. The van der Waals surface area contributed by atoms with Gasteiger partial charge in [0.15, 0.2) is 0 Å². The van der Waals surface area contributed by atoms with Crippen LogP contribution in [0.15, 0.2) is 84.9 Å². The molecule has 0 aliphatic heterocycles. The zero-order valence-electron chi connectivity index (χ0n) is 21.7. The molecular weight excluding hydrogens is 460 g/mol. The van der Waals surface area contributed by atoms with E-state index in [0.717, 1.165) is 34.9 Å². The Kier molecular flexibility index (Phi) is 6.57. The molecule has 0 spiro atoms. The van der Waals surface area contributed by atoms with Crippen molar-refractivity contribution in [3.05, 3.63) is 90.5 Å². The van der Waals surface area contributed by atoms with E-state index in [1.54, 1.807) is 0 Å². The molecule has 0 unspecified atom stereocenters. The lowest BCUT2D eigenvalue weighted by Crippen LogP contribution is -2.32. The number of nitrogens with zero attached hydrogens (tertiary/aromatic N) is 2. The quantitative estimate of drug-likeness (QED) is 0.255. The van der Waals surface area contributed by atoms with Crippen molar-refractivity contribution in [1.29, 1.82) is 0 Å². The lowest BCUT2D eigenvalue weighted by Gasteiger charge is -2.19. The van der Waals surface area contributed by atoms with Gasteiger partial charge in [-0.1, -0.05) is 48.5 Å². The van der Waals surface area contributed by atoms with Gasteiger partial charge in [-0.2, -0.15) is 0 Å². The smallest absolute Gasteiger partial charge is 0.407 e. The van der Waals surface area contributed by atoms with Crippen molar-refractivity contribution in [1.82, 2.24) is 14.9 Å². The molecule has 37 heavy (non-hydrogen) atoms. The number of ether oxygens (including phenoxy) is 1. The van der Waals surface area contributed by atoms with Gasteiger partial charge in [-0.25, -0.2) is 9.78 Å². The average molecular weight is 493 g/mol. The Morgan fingerprint density at radius 2 is 1.65 bits per heavy atom. The molecule has 6 heteroatoms. The minimum absolute atomic E-state index is 0.404. The number of aryl methyl sites for hydroxylation is 1. The number of pyridine rings is 1. The first kappa shape index (κ1) is 24.4. The predicted octanol–water partition coefficient (Wildman–Crippen LogP) is 7.64. The number of fused-ring (bicyclic) bond motifs is 3. The number of hydrogen-bond donors (Lipinski definition) is 2. The second kappa shape index (κ2) is 9.97. The molecule has 5 aromatic rings. The third kappa shape index (κ3) is 5.43. The first-order chi connectivity index (χ1) is 17.8. The highest BCUT2D eigenvalue weighted by Crippen LogP contribution is 2.32. The number of carbonyl (C=O) groups is 1. The van der Waals surface area contributed by atoms with Crippen LogP contribution in [0.3, 0.4) is 0 Å². The summed E-state index contributed by atoms with van der Waals surface area (Å²) in [6, 6.07) is 29.0. The van der Waals surface area contributed by atoms with Gasteiger partial charge in [0.05, 0.1) is 5.69 Å². The lowest BCUT2D eigenvalue weighted by molar-refractivity contribution is 0.0523. The maximum atomic E-state index is 11.9. The molecular formula is C31H32N4O2. The second-order valence-corrected chi connectivity index (χ2v) is 10.1. The Morgan fingerprint density at radius 3 is 2.41 bits per heavy atom. The van der Waals surface area contributed by atoms with E-state index in [4.69, 9.17) is 9.72 Å². The highest BCUT2D eigenvalue weighted by molar-refractivity contribution is 6.09. The summed E-state index contributed by atoms with van der Waals surface area (Å²) in [5.41, 5.74) is 5.84. The zero-order valence-corrected chi connectivity index (χ0v) is 21.7. The molecule has 0 saturated heterocycles. The number of hydrogen-bond acceptors (Lipinski definition) is 4. The van der Waals surface area contributed by atoms with Crippen molar-refractivity contribution in [3.8, 4) is 11.3 Å². The van der Waals surface area contributed by atoms with E-state index in [0.29, 0.717) is 6.54 Å². The van der Waals surface area contributed by atoms with E-state index < -0.39 is 11.7 Å². The van der Waals surface area contributed by atoms with E-state index in [1.165, 1.54) is 21.8 Å². The van der Waals surface area contributed by atoms with Crippen LogP contribution in [-0.2, 0) is 17.8 Å². The molecule has 2 heterocycles. The van der Waals surface area contributed by atoms with Crippen LogP contribution in [-0.4, -0.2) is 21.2 Å². The number of nitrogens with one attached hydrogen (secondary N) is 2. The zero-order chi connectivity index (χ0) is 26.0. The fraction of sp³-hybridized carbons (Fsp3) is 0.226. The van der Waals surface area contributed by atoms with E-state index in [-0.39, 0.29) is 0 Å². The van der Waals surface area contributed by atoms with Crippen LogP contribution in [0.5, 0.6) is 0 Å². The van der Waals surface area contributed by atoms with Crippen LogP contribution in [0.2, 0.25) is 0 Å². The molecule has 6 nitrogen and oxygen atoms in total. The summed E-state index contributed by atoms with van der Waals surface area (Å²) in [5, 5.41) is 8.76. The van der Waals surface area contributed by atoms with Crippen molar-refractivity contribution in [2.24, 2.45) is 0 Å². The fourth-order valence-electron chi connectivity index (χ4n) is 4.57. The SMILES string of the molecule is CCn1c2ccccc2c2cc(Nc3cccc(-c4ccc(CNC(=O)OC(C)(C)C)cc4)n3)ccc21. The standard InChI is InChI=1S/C31H32N4O2/c1-5-35-27-11-7-6-9-24(27)25-19-23(17-18-28(25)35)33-29-12-8-10-26(34-29)22-15-13-21(14-16-22)20-32-30(36)37-31(2,3)4/h6-19H,5,20H2,1-4H3,(H,32,36)(H,33,34). The highest BCUT2D eigenvalue weighted by atomic mass is 16.6. The van der Waals surface area contributed by atoms with E-state index >= 15 is 0 Å². The molecule has 1 amide bonds. The number of carbonyl (C=O) groups excluding carboxylic acids is 1. The largest absolute Gasteiger partial charge is 0.444 e. The molecule has 0 saturated carbocycles. The van der Waals surface area contributed by atoms with Crippen molar-refractivity contribution in [2.75, 3.05) is 5.32 Å². The molecule has 2 aromatic heterocycles. The summed E-state index contributed by atoms with van der Waals surface area (Å²) in [6.45, 7) is 9.05. The number of aromatic nitrogens is 2. The van der Waals surface area contributed by atoms with Crippen molar-refractivity contribution >= 4 is 39.4 Å². The molecule has 0 fully saturated rings. The Hall–Kier alpha value is -4.32. The topological polar surface area (TPSA) is 68.2 Å². The average Bonchev–Trinajstić information content (AvgIpc) is 3.20. The van der Waals surface area contributed by atoms with Gasteiger partial charge < -0.3 is 19.9 Å². The van der Waals surface area contributed by atoms with Crippen LogP contribution >= 0.6 is 0 Å². The molecule has 0 radical (unpaired) electrons. The summed E-state index contributed by atoms with van der Waals surface area (Å²) in [6.07, 6.45) is -0.422. The Bertz CT molecular complexity index is 1560. The molecule has 2 N–H and O–H groups in total. The van der Waals surface area contributed by atoms with Gasteiger partial charge in [0.2, 0.25) is 0 Å². The van der Waals surface area contributed by atoms with Gasteiger partial charge in [0, 0.05) is 46.1 Å². The van der Waals surface area contributed by atoms with Gasteiger partial charge >= 0.3 is 6.09 Å². The molecule has 5 rings (SSSR count). The first-order valence-electron chi connectivity index (χ1n) is 12.6. The van der Waals surface area contributed by atoms with Gasteiger partial charge in [-0.3, -0.25) is 0 Å². The third-order valence-corrected chi connectivity index (χ3v) is 6.20. The Labute approximate surface area is 217 Å². The highest BCUT2D eigenvalue weighted by Gasteiger charge is 2.15. The Balaban J connectivity index is 1.32. The number of para-hydroxylation sites is 1. The summed E-state index contributed by atoms with van der Waals surface area (Å²) in [5.74, 6) is 0.784. The monoisotopic (exact) mass is 492 g/mol. The number of amides is 1. The van der Waals surface area contributed by atoms with Crippen LogP contribution in [0.1, 0.15) is 33.3 Å².